The average molecular weight is 276 g/mol. The molecule has 3 heteroatoms. The third kappa shape index (κ3) is 5.35. The van der Waals surface area contributed by atoms with Crippen molar-refractivity contribution in [1.82, 2.24) is 0 Å². The Bertz CT molecular complexity index is 414. The minimum Gasteiger partial charge on any atom is -0.460 e. The van der Waals surface area contributed by atoms with Crippen molar-refractivity contribution in [2.45, 2.75) is 18.8 Å². The second-order valence-electron chi connectivity index (χ2n) is 4.23. The minimum absolute atomic E-state index is 0.0771. The number of hydrogen-bond donors (Lipinski definition) is 0. The van der Waals surface area contributed by atoms with E-state index in [0.29, 0.717) is 6.61 Å². The van der Waals surface area contributed by atoms with E-state index in [4.69, 9.17) is 4.74 Å². The van der Waals surface area contributed by atoms with Gasteiger partial charge in [0.1, 0.15) is 11.9 Å². The average Bonchev–Trinajstić information content (AvgIpc) is 2.46. The van der Waals surface area contributed by atoms with Crippen LogP contribution in [0.15, 0.2) is 55.6 Å². The zero-order valence-electron chi connectivity index (χ0n) is 11.2. The fraction of sp³-hybridized carbons (Fsp3) is 0.312. The SMILES string of the molecule is C=CCS[C@H](C(=O)OCc1ccccc1)[C@H](C)C=C. The van der Waals surface area contributed by atoms with Gasteiger partial charge in [-0.05, 0) is 11.5 Å². The molecule has 2 nitrogen and oxygen atoms in total. The van der Waals surface area contributed by atoms with Crippen molar-refractivity contribution in [3.05, 3.63) is 61.2 Å². The van der Waals surface area contributed by atoms with E-state index < -0.39 is 0 Å². The number of allylic oxidation sites excluding steroid dienone is 1. The lowest BCUT2D eigenvalue weighted by atomic mass is 10.1. The van der Waals surface area contributed by atoms with Crippen molar-refractivity contribution in [3.8, 4) is 0 Å². The zero-order chi connectivity index (χ0) is 14.1. The summed E-state index contributed by atoms with van der Waals surface area (Å²) in [7, 11) is 0. The van der Waals surface area contributed by atoms with E-state index in [0.717, 1.165) is 11.3 Å². The molecule has 0 aliphatic carbocycles. The Morgan fingerprint density at radius 2 is 2.05 bits per heavy atom. The van der Waals surface area contributed by atoms with Gasteiger partial charge in [-0.15, -0.1) is 24.9 Å². The van der Waals surface area contributed by atoms with Crippen LogP contribution in [0, 0.1) is 5.92 Å². The van der Waals surface area contributed by atoms with Crippen LogP contribution in [0.2, 0.25) is 0 Å². The Kier molecular flexibility index (Phi) is 7.04. The van der Waals surface area contributed by atoms with E-state index >= 15 is 0 Å². The van der Waals surface area contributed by atoms with Gasteiger partial charge in [-0.1, -0.05) is 49.4 Å². The number of benzene rings is 1. The lowest BCUT2D eigenvalue weighted by Gasteiger charge is -2.18. The lowest BCUT2D eigenvalue weighted by Crippen LogP contribution is -2.26. The lowest BCUT2D eigenvalue weighted by molar-refractivity contribution is -0.144. The number of ether oxygens (including phenoxy) is 1. The molecule has 0 aliphatic rings. The van der Waals surface area contributed by atoms with Crippen LogP contribution in [0.4, 0.5) is 0 Å². The van der Waals surface area contributed by atoms with Crippen molar-refractivity contribution in [3.63, 3.8) is 0 Å². The van der Waals surface area contributed by atoms with Gasteiger partial charge in [0.05, 0.1) is 0 Å². The van der Waals surface area contributed by atoms with Crippen LogP contribution in [0.3, 0.4) is 0 Å². The van der Waals surface area contributed by atoms with Crippen LogP contribution in [0.5, 0.6) is 0 Å². The molecule has 102 valence electrons. The molecular formula is C16H20O2S. The molecule has 0 saturated heterocycles. The maximum absolute atomic E-state index is 12.1. The van der Waals surface area contributed by atoms with Crippen LogP contribution in [-0.2, 0) is 16.1 Å². The molecule has 0 N–H and O–H groups in total. The smallest absolute Gasteiger partial charge is 0.319 e. The first-order valence-corrected chi connectivity index (χ1v) is 7.29. The van der Waals surface area contributed by atoms with Crippen LogP contribution in [0.25, 0.3) is 0 Å². The van der Waals surface area contributed by atoms with Crippen molar-refractivity contribution in [2.24, 2.45) is 5.92 Å². The number of esters is 1. The van der Waals surface area contributed by atoms with Crippen molar-refractivity contribution in [1.29, 1.82) is 0 Å². The standard InChI is InChI=1S/C16H20O2S/c1-4-11-19-15(13(3)5-2)16(17)18-12-14-9-7-6-8-10-14/h4-10,13,15H,1-2,11-12H2,3H3/t13-,15+/m1/s1. The summed E-state index contributed by atoms with van der Waals surface area (Å²) in [6.07, 6.45) is 3.57. The highest BCUT2D eigenvalue weighted by Gasteiger charge is 2.24. The number of carbonyl (C=O) groups excluding carboxylic acids is 1. The Balaban J connectivity index is 2.56. The summed E-state index contributed by atoms with van der Waals surface area (Å²) in [5.41, 5.74) is 0.995. The first kappa shape index (κ1) is 15.6. The molecule has 0 aliphatic heterocycles. The monoisotopic (exact) mass is 276 g/mol. The van der Waals surface area contributed by atoms with Gasteiger partial charge in [-0.3, -0.25) is 4.79 Å². The predicted octanol–water partition coefficient (Wildman–Crippen LogP) is 3.84. The molecule has 0 fully saturated rings. The molecule has 0 aromatic heterocycles. The summed E-state index contributed by atoms with van der Waals surface area (Å²) in [4.78, 5) is 12.1. The Morgan fingerprint density at radius 3 is 2.63 bits per heavy atom. The van der Waals surface area contributed by atoms with E-state index in [1.54, 1.807) is 12.2 Å². The van der Waals surface area contributed by atoms with Crippen LogP contribution < -0.4 is 0 Å². The molecule has 0 bridgehead atoms. The predicted molar refractivity (Wildman–Crippen MR) is 82.0 cm³/mol. The molecule has 0 heterocycles. The van der Waals surface area contributed by atoms with Gasteiger partial charge in [-0.25, -0.2) is 0 Å². The van der Waals surface area contributed by atoms with E-state index in [1.807, 2.05) is 37.3 Å². The minimum atomic E-state index is -0.223. The van der Waals surface area contributed by atoms with Gasteiger partial charge in [0.15, 0.2) is 0 Å². The Hall–Kier alpha value is -1.48. The normalized spacial score (nSPS) is 13.3. The molecule has 0 radical (unpaired) electrons. The highest BCUT2D eigenvalue weighted by Crippen LogP contribution is 2.22. The summed E-state index contributed by atoms with van der Waals surface area (Å²) < 4.78 is 5.37. The zero-order valence-corrected chi connectivity index (χ0v) is 12.1. The molecule has 0 unspecified atom stereocenters. The van der Waals surface area contributed by atoms with Gasteiger partial charge in [0.25, 0.3) is 0 Å². The number of carbonyl (C=O) groups is 1. The molecule has 0 saturated carbocycles. The summed E-state index contributed by atoms with van der Waals surface area (Å²) in [5.74, 6) is 0.611. The maximum atomic E-state index is 12.1. The maximum Gasteiger partial charge on any atom is 0.319 e. The fourth-order valence-corrected chi connectivity index (χ4v) is 2.50. The number of thioether (sulfide) groups is 1. The molecule has 0 amide bonds. The van der Waals surface area contributed by atoms with Crippen molar-refractivity contribution < 1.29 is 9.53 Å². The van der Waals surface area contributed by atoms with Gasteiger partial charge in [0, 0.05) is 5.75 Å². The largest absolute Gasteiger partial charge is 0.460 e. The summed E-state index contributed by atoms with van der Waals surface area (Å²) in [6.45, 7) is 9.70. The second-order valence-corrected chi connectivity index (χ2v) is 5.41. The van der Waals surface area contributed by atoms with Gasteiger partial charge >= 0.3 is 5.97 Å². The molecule has 1 aromatic carbocycles. The summed E-state index contributed by atoms with van der Waals surface area (Å²) in [6, 6.07) is 9.68. The van der Waals surface area contributed by atoms with Crippen LogP contribution in [0.1, 0.15) is 12.5 Å². The van der Waals surface area contributed by atoms with E-state index in [-0.39, 0.29) is 17.1 Å². The molecule has 1 rings (SSSR count). The first-order valence-electron chi connectivity index (χ1n) is 6.24. The van der Waals surface area contributed by atoms with Gasteiger partial charge in [-0.2, -0.15) is 0 Å². The molecular weight excluding hydrogens is 256 g/mol. The third-order valence-electron chi connectivity index (χ3n) is 2.70. The topological polar surface area (TPSA) is 26.3 Å². The van der Waals surface area contributed by atoms with E-state index in [1.165, 1.54) is 11.8 Å². The van der Waals surface area contributed by atoms with Crippen molar-refractivity contribution >= 4 is 17.7 Å². The summed E-state index contributed by atoms with van der Waals surface area (Å²) >= 11 is 1.53. The first-order chi connectivity index (χ1) is 9.19. The third-order valence-corrected chi connectivity index (χ3v) is 4.11. The van der Waals surface area contributed by atoms with E-state index in [9.17, 15) is 4.79 Å². The Labute approximate surface area is 119 Å². The molecule has 19 heavy (non-hydrogen) atoms. The van der Waals surface area contributed by atoms with Crippen LogP contribution >= 0.6 is 11.8 Å². The van der Waals surface area contributed by atoms with Gasteiger partial charge in [0.2, 0.25) is 0 Å². The Morgan fingerprint density at radius 1 is 1.37 bits per heavy atom. The molecule has 1 aromatic rings. The highest BCUT2D eigenvalue weighted by molar-refractivity contribution is 8.00. The number of hydrogen-bond acceptors (Lipinski definition) is 3. The molecule has 2 atom stereocenters. The van der Waals surface area contributed by atoms with Crippen LogP contribution in [-0.4, -0.2) is 17.0 Å². The quantitative estimate of drug-likeness (QED) is 0.533. The molecule has 0 spiro atoms. The summed E-state index contributed by atoms with van der Waals surface area (Å²) in [5, 5.41) is -0.223. The van der Waals surface area contributed by atoms with Gasteiger partial charge < -0.3 is 4.74 Å². The van der Waals surface area contributed by atoms with Crippen molar-refractivity contribution in [2.75, 3.05) is 5.75 Å². The second kappa shape index (κ2) is 8.59. The fourth-order valence-electron chi connectivity index (χ4n) is 1.54. The van der Waals surface area contributed by atoms with E-state index in [2.05, 4.69) is 13.2 Å². The number of rotatable bonds is 8. The highest BCUT2D eigenvalue weighted by atomic mass is 32.2.